The molecule has 0 aliphatic heterocycles. The van der Waals surface area contributed by atoms with Crippen LogP contribution < -0.4 is 5.32 Å². The van der Waals surface area contributed by atoms with Gasteiger partial charge in [-0.3, -0.25) is 4.79 Å². The molecule has 37 heavy (non-hydrogen) atoms. The van der Waals surface area contributed by atoms with Gasteiger partial charge in [-0.2, -0.15) is 9.94 Å². The maximum absolute atomic E-state index is 13.7. The van der Waals surface area contributed by atoms with E-state index < -0.39 is 22.2 Å². The number of imidazole rings is 1. The first kappa shape index (κ1) is 24.6. The molecule has 11 nitrogen and oxygen atoms in total. The van der Waals surface area contributed by atoms with Crippen molar-refractivity contribution in [3.63, 3.8) is 0 Å². The highest BCUT2D eigenvalue weighted by Crippen LogP contribution is 2.57. The zero-order chi connectivity index (χ0) is 26.5. The van der Waals surface area contributed by atoms with E-state index in [4.69, 9.17) is 5.26 Å². The van der Waals surface area contributed by atoms with Crippen molar-refractivity contribution in [1.29, 1.82) is 5.26 Å². The number of nitrogens with one attached hydrogen (secondary N) is 1. The summed E-state index contributed by atoms with van der Waals surface area (Å²) in [5, 5.41) is 38.5. The average Bonchev–Trinajstić information content (AvgIpc) is 3.61. The largest absolute Gasteiger partial charge is 0.390 e. The van der Waals surface area contributed by atoms with Gasteiger partial charge in [0.1, 0.15) is 23.2 Å². The molecule has 2 aliphatic carbocycles. The minimum absolute atomic E-state index is 0.00908. The van der Waals surface area contributed by atoms with Crippen molar-refractivity contribution in [2.45, 2.75) is 50.7 Å². The highest BCUT2D eigenvalue weighted by atomic mass is 19.1. The standard InChI is InChI=1S/C25H26FN7O4/c1-3-32-20(9-21(30-32)33(36)37)25(35)10-15-6-14(7-16(15)11-25)22-23(31(2)13-28-22)24(34)29-18-4-5-19(26)17(8-18)12-27/h4-5,8-9,13-16,35H,3,6-7,10-11H2,1-2H3,(H,29,34). The summed E-state index contributed by atoms with van der Waals surface area (Å²) in [6.45, 7) is 2.25. The minimum atomic E-state index is -1.19. The van der Waals surface area contributed by atoms with Crippen molar-refractivity contribution in [1.82, 2.24) is 19.3 Å². The molecule has 3 aromatic rings. The van der Waals surface area contributed by atoms with Gasteiger partial charge in [0.25, 0.3) is 5.91 Å². The number of carbonyl (C=O) groups excluding carboxylic acids is 1. The maximum Gasteiger partial charge on any atom is 0.390 e. The molecule has 1 aromatic carbocycles. The molecule has 2 atom stereocenters. The highest BCUT2D eigenvalue weighted by Gasteiger charge is 2.52. The number of aliphatic hydroxyl groups is 1. The van der Waals surface area contributed by atoms with Crippen molar-refractivity contribution in [3.05, 3.63) is 69.2 Å². The van der Waals surface area contributed by atoms with Crippen molar-refractivity contribution in [2.75, 3.05) is 5.32 Å². The van der Waals surface area contributed by atoms with Gasteiger partial charge in [0.15, 0.2) is 0 Å². The smallest absolute Gasteiger partial charge is 0.383 e. The molecule has 0 bridgehead atoms. The Hall–Kier alpha value is -4.11. The van der Waals surface area contributed by atoms with E-state index in [2.05, 4.69) is 15.4 Å². The second-order valence-corrected chi connectivity index (χ2v) is 9.94. The van der Waals surface area contributed by atoms with Crippen LogP contribution in [0.2, 0.25) is 0 Å². The number of anilines is 1. The van der Waals surface area contributed by atoms with E-state index in [1.165, 1.54) is 22.9 Å². The summed E-state index contributed by atoms with van der Waals surface area (Å²) < 4.78 is 16.8. The van der Waals surface area contributed by atoms with Gasteiger partial charge in [-0.25, -0.2) is 9.37 Å². The molecule has 1 amide bonds. The topological polar surface area (TPSA) is 152 Å². The molecule has 2 unspecified atom stereocenters. The number of benzene rings is 1. The van der Waals surface area contributed by atoms with E-state index in [1.54, 1.807) is 24.0 Å². The molecule has 12 heteroatoms. The Morgan fingerprint density at radius 3 is 2.68 bits per heavy atom. The summed E-state index contributed by atoms with van der Waals surface area (Å²) in [6.07, 6.45) is 3.94. The Morgan fingerprint density at radius 2 is 2.05 bits per heavy atom. The zero-order valence-corrected chi connectivity index (χ0v) is 20.4. The lowest BCUT2D eigenvalue weighted by Crippen LogP contribution is -2.27. The molecule has 2 aromatic heterocycles. The van der Waals surface area contributed by atoms with Crippen molar-refractivity contribution in [2.24, 2.45) is 18.9 Å². The maximum atomic E-state index is 13.7. The van der Waals surface area contributed by atoms with E-state index in [9.17, 15) is 24.4 Å². The molecular formula is C25H26FN7O4. The lowest BCUT2D eigenvalue weighted by molar-refractivity contribution is -0.389. The average molecular weight is 508 g/mol. The van der Waals surface area contributed by atoms with E-state index in [-0.39, 0.29) is 29.1 Å². The van der Waals surface area contributed by atoms with Crippen LogP contribution in [-0.2, 0) is 19.2 Å². The molecule has 2 fully saturated rings. The monoisotopic (exact) mass is 507 g/mol. The molecule has 2 aliphatic rings. The second-order valence-electron chi connectivity index (χ2n) is 9.94. The third kappa shape index (κ3) is 4.25. The quantitative estimate of drug-likeness (QED) is 0.382. The summed E-state index contributed by atoms with van der Waals surface area (Å²) in [7, 11) is 1.73. The first-order chi connectivity index (χ1) is 17.6. The normalized spacial score (nSPS) is 24.6. The summed E-state index contributed by atoms with van der Waals surface area (Å²) in [5.41, 5.74) is 0.487. The van der Waals surface area contributed by atoms with Crippen LogP contribution in [0.5, 0.6) is 0 Å². The summed E-state index contributed by atoms with van der Waals surface area (Å²) in [6, 6.07) is 6.96. The number of carbonyl (C=O) groups is 1. The predicted octanol–water partition coefficient (Wildman–Crippen LogP) is 3.60. The lowest BCUT2D eigenvalue weighted by atomic mass is 9.90. The fourth-order valence-electron chi connectivity index (χ4n) is 6.11. The summed E-state index contributed by atoms with van der Waals surface area (Å²) in [4.78, 5) is 28.4. The first-order valence-corrected chi connectivity index (χ1v) is 12.1. The van der Waals surface area contributed by atoms with Crippen LogP contribution in [0, 0.1) is 39.1 Å². The molecule has 2 heterocycles. The van der Waals surface area contributed by atoms with Gasteiger partial charge in [0, 0.05) is 18.7 Å². The predicted molar refractivity (Wildman–Crippen MR) is 129 cm³/mol. The lowest BCUT2D eigenvalue weighted by Gasteiger charge is -2.24. The van der Waals surface area contributed by atoms with Gasteiger partial charge >= 0.3 is 5.82 Å². The Balaban J connectivity index is 1.33. The van der Waals surface area contributed by atoms with Crippen LogP contribution in [0.1, 0.15) is 66.0 Å². The first-order valence-electron chi connectivity index (χ1n) is 12.1. The third-order valence-electron chi connectivity index (χ3n) is 7.68. The number of nitrogens with zero attached hydrogens (tertiary/aromatic N) is 6. The molecule has 5 rings (SSSR count). The Kier molecular flexibility index (Phi) is 6.03. The third-order valence-corrected chi connectivity index (χ3v) is 7.68. The van der Waals surface area contributed by atoms with Crippen molar-refractivity contribution < 1.29 is 19.2 Å². The van der Waals surface area contributed by atoms with E-state index >= 15 is 0 Å². The van der Waals surface area contributed by atoms with Crippen molar-refractivity contribution in [3.8, 4) is 6.07 Å². The van der Waals surface area contributed by atoms with Crippen LogP contribution in [0.25, 0.3) is 0 Å². The van der Waals surface area contributed by atoms with Crippen LogP contribution in [-0.4, -0.2) is 35.3 Å². The fraction of sp³-hybridized carbons (Fsp3) is 0.440. The van der Waals surface area contributed by atoms with Crippen LogP contribution >= 0.6 is 0 Å². The van der Waals surface area contributed by atoms with Crippen LogP contribution in [0.15, 0.2) is 30.6 Å². The Labute approximate surface area is 211 Å². The van der Waals surface area contributed by atoms with Gasteiger partial charge in [-0.05, 0) is 67.6 Å². The number of nitro groups is 1. The van der Waals surface area contributed by atoms with E-state index in [1.807, 2.05) is 6.92 Å². The van der Waals surface area contributed by atoms with E-state index in [0.717, 1.165) is 18.9 Å². The van der Waals surface area contributed by atoms with Gasteiger partial charge in [0.2, 0.25) is 0 Å². The number of amides is 1. The number of rotatable bonds is 6. The number of aromatic nitrogens is 4. The molecule has 0 radical (unpaired) electrons. The number of aryl methyl sites for hydroxylation is 2. The summed E-state index contributed by atoms with van der Waals surface area (Å²) >= 11 is 0. The number of halogens is 1. The fourth-order valence-corrected chi connectivity index (χ4v) is 6.11. The van der Waals surface area contributed by atoms with Gasteiger partial charge in [-0.15, -0.1) is 0 Å². The molecule has 0 spiro atoms. The number of hydrogen-bond acceptors (Lipinski definition) is 7. The molecule has 2 N–H and O–H groups in total. The van der Waals surface area contributed by atoms with Gasteiger partial charge in [0.05, 0.1) is 41.0 Å². The Bertz CT molecular complexity index is 1430. The van der Waals surface area contributed by atoms with E-state index in [0.29, 0.717) is 42.2 Å². The number of nitriles is 1. The highest BCUT2D eigenvalue weighted by molar-refractivity contribution is 6.04. The molecular weight excluding hydrogens is 481 g/mol. The second kappa shape index (κ2) is 9.08. The molecule has 192 valence electrons. The van der Waals surface area contributed by atoms with Gasteiger partial charge < -0.3 is 25.1 Å². The van der Waals surface area contributed by atoms with Crippen LogP contribution in [0.4, 0.5) is 15.9 Å². The number of fused-ring (bicyclic) bond motifs is 1. The minimum Gasteiger partial charge on any atom is -0.383 e. The molecule has 2 saturated carbocycles. The molecule has 0 saturated heterocycles. The Morgan fingerprint density at radius 1 is 1.35 bits per heavy atom. The SMILES string of the molecule is CCn1nc([N+](=O)[O-])cc1C1(O)CC2CC(c3ncn(C)c3C(=O)Nc3ccc(F)c(C#N)c3)CC2C1. The van der Waals surface area contributed by atoms with Gasteiger partial charge in [-0.1, -0.05) is 0 Å². The van der Waals surface area contributed by atoms with Crippen molar-refractivity contribution >= 4 is 17.4 Å². The summed E-state index contributed by atoms with van der Waals surface area (Å²) in [5.74, 6) is -0.985. The van der Waals surface area contributed by atoms with Crippen LogP contribution in [0.3, 0.4) is 0 Å². The zero-order valence-electron chi connectivity index (χ0n) is 20.4. The number of hydrogen-bond donors (Lipinski definition) is 2.